The number of amides is 2. The van der Waals surface area contributed by atoms with Gasteiger partial charge in [-0.3, -0.25) is 9.59 Å². The molecular weight excluding hydrogens is 270 g/mol. The van der Waals surface area contributed by atoms with Gasteiger partial charge in [-0.15, -0.1) is 0 Å². The molecule has 112 valence electrons. The van der Waals surface area contributed by atoms with Gasteiger partial charge in [0.2, 0.25) is 11.8 Å². The highest BCUT2D eigenvalue weighted by atomic mass is 16.5. The van der Waals surface area contributed by atoms with Crippen molar-refractivity contribution in [2.75, 3.05) is 19.7 Å². The smallest absolute Gasteiger partial charge is 0.248 e. The summed E-state index contributed by atoms with van der Waals surface area (Å²) in [4.78, 5) is 25.6. The molecule has 1 fully saturated rings. The second kappa shape index (κ2) is 5.13. The Morgan fingerprint density at radius 3 is 2.43 bits per heavy atom. The minimum absolute atomic E-state index is 0.131. The van der Waals surface area contributed by atoms with E-state index in [2.05, 4.69) is 0 Å². The molecule has 2 aliphatic rings. The summed E-state index contributed by atoms with van der Waals surface area (Å²) in [6.45, 7) is 0.934. The van der Waals surface area contributed by atoms with Gasteiger partial charge in [-0.2, -0.15) is 0 Å². The lowest BCUT2D eigenvalue weighted by atomic mass is 9.94. The Labute approximate surface area is 123 Å². The van der Waals surface area contributed by atoms with Gasteiger partial charge in [-0.25, -0.2) is 0 Å². The molecule has 2 amide bonds. The Balaban J connectivity index is 1.75. The third-order valence-electron chi connectivity index (χ3n) is 4.23. The van der Waals surface area contributed by atoms with E-state index < -0.39 is 17.6 Å². The van der Waals surface area contributed by atoms with E-state index in [1.165, 1.54) is 0 Å². The van der Waals surface area contributed by atoms with Crippen LogP contribution in [0.15, 0.2) is 24.3 Å². The summed E-state index contributed by atoms with van der Waals surface area (Å²) in [5.74, 6) is -0.679. The molecule has 0 aromatic heterocycles. The molecule has 1 unspecified atom stereocenters. The van der Waals surface area contributed by atoms with Crippen molar-refractivity contribution in [3.63, 3.8) is 0 Å². The molecular formula is C15H19N3O3. The van der Waals surface area contributed by atoms with Crippen LogP contribution in [-0.2, 0) is 27.2 Å². The van der Waals surface area contributed by atoms with Gasteiger partial charge in [0.15, 0.2) is 6.10 Å². The van der Waals surface area contributed by atoms with Gasteiger partial charge in [0, 0.05) is 6.54 Å². The number of rotatable bonds is 2. The number of primary amides is 1. The fraction of sp³-hybridized carbons (Fsp3) is 0.467. The van der Waals surface area contributed by atoms with Crippen LogP contribution in [0.2, 0.25) is 0 Å². The van der Waals surface area contributed by atoms with Gasteiger partial charge in [-0.05, 0) is 24.0 Å². The molecule has 1 atom stereocenters. The molecule has 6 nitrogen and oxygen atoms in total. The highest BCUT2D eigenvalue weighted by Crippen LogP contribution is 2.30. The second-order valence-electron chi connectivity index (χ2n) is 5.79. The zero-order valence-corrected chi connectivity index (χ0v) is 11.7. The standard InChI is InChI=1S/C15H19N3O3/c16-13(19)12-9-18(5-6-21-12)14(20)15(17)7-10-3-1-2-4-11(10)8-15/h1-4,12H,5-9,17H2,(H2,16,19). The van der Waals surface area contributed by atoms with Crippen LogP contribution in [0.3, 0.4) is 0 Å². The van der Waals surface area contributed by atoms with Gasteiger partial charge in [0.1, 0.15) is 5.54 Å². The topological polar surface area (TPSA) is 98.7 Å². The van der Waals surface area contributed by atoms with Crippen LogP contribution < -0.4 is 11.5 Å². The van der Waals surface area contributed by atoms with Gasteiger partial charge in [0.05, 0.1) is 13.2 Å². The van der Waals surface area contributed by atoms with Crippen molar-refractivity contribution < 1.29 is 14.3 Å². The van der Waals surface area contributed by atoms with Gasteiger partial charge < -0.3 is 21.1 Å². The first kappa shape index (κ1) is 14.0. The lowest BCUT2D eigenvalue weighted by molar-refractivity contribution is -0.149. The van der Waals surface area contributed by atoms with E-state index in [0.29, 0.717) is 26.0 Å². The average Bonchev–Trinajstić information content (AvgIpc) is 2.84. The van der Waals surface area contributed by atoms with Crippen molar-refractivity contribution in [2.45, 2.75) is 24.5 Å². The molecule has 6 heteroatoms. The van der Waals surface area contributed by atoms with E-state index in [0.717, 1.165) is 11.1 Å². The molecule has 3 rings (SSSR count). The first-order valence-corrected chi connectivity index (χ1v) is 7.05. The SMILES string of the molecule is NC(=O)C1CN(C(=O)C2(N)Cc3ccccc3C2)CCO1. The Kier molecular flexibility index (Phi) is 3.43. The molecule has 21 heavy (non-hydrogen) atoms. The van der Waals surface area contributed by atoms with Crippen molar-refractivity contribution >= 4 is 11.8 Å². The fourth-order valence-electron chi connectivity index (χ4n) is 3.12. The number of morpholine rings is 1. The summed E-state index contributed by atoms with van der Waals surface area (Å²) < 4.78 is 5.27. The number of benzene rings is 1. The van der Waals surface area contributed by atoms with Crippen LogP contribution in [0, 0.1) is 0 Å². The largest absolute Gasteiger partial charge is 0.367 e. The zero-order chi connectivity index (χ0) is 15.0. The summed E-state index contributed by atoms with van der Waals surface area (Å²) >= 11 is 0. The maximum atomic E-state index is 12.8. The van der Waals surface area contributed by atoms with Crippen LogP contribution in [0.25, 0.3) is 0 Å². The Morgan fingerprint density at radius 1 is 1.24 bits per heavy atom. The average molecular weight is 289 g/mol. The normalized spacial score (nSPS) is 23.7. The van der Waals surface area contributed by atoms with Gasteiger partial charge >= 0.3 is 0 Å². The van der Waals surface area contributed by atoms with E-state index in [1.54, 1.807) is 4.90 Å². The number of ether oxygens (including phenoxy) is 1. The molecule has 1 aliphatic carbocycles. The maximum absolute atomic E-state index is 12.8. The van der Waals surface area contributed by atoms with Crippen LogP contribution in [-0.4, -0.2) is 48.1 Å². The zero-order valence-electron chi connectivity index (χ0n) is 11.7. The van der Waals surface area contributed by atoms with E-state index in [1.807, 2.05) is 24.3 Å². The quantitative estimate of drug-likeness (QED) is 0.744. The number of fused-ring (bicyclic) bond motifs is 1. The second-order valence-corrected chi connectivity index (χ2v) is 5.79. The van der Waals surface area contributed by atoms with E-state index in [-0.39, 0.29) is 12.5 Å². The van der Waals surface area contributed by atoms with Crippen molar-refractivity contribution in [3.8, 4) is 0 Å². The predicted octanol–water partition coefficient (Wildman–Crippen LogP) is -0.805. The van der Waals surface area contributed by atoms with Gasteiger partial charge in [-0.1, -0.05) is 24.3 Å². The third kappa shape index (κ3) is 2.52. The number of carbonyl (C=O) groups is 2. The molecule has 1 aromatic rings. The van der Waals surface area contributed by atoms with Crippen LogP contribution in [0.1, 0.15) is 11.1 Å². The van der Waals surface area contributed by atoms with Gasteiger partial charge in [0.25, 0.3) is 0 Å². The summed E-state index contributed by atoms with van der Waals surface area (Å²) in [6, 6.07) is 7.91. The first-order valence-electron chi connectivity index (χ1n) is 7.05. The highest BCUT2D eigenvalue weighted by Gasteiger charge is 2.44. The highest BCUT2D eigenvalue weighted by molar-refractivity contribution is 5.89. The summed E-state index contributed by atoms with van der Waals surface area (Å²) in [7, 11) is 0. The number of hydrogen-bond donors (Lipinski definition) is 2. The molecule has 0 saturated carbocycles. The monoisotopic (exact) mass is 289 g/mol. The van der Waals surface area contributed by atoms with E-state index in [9.17, 15) is 9.59 Å². The third-order valence-corrected chi connectivity index (χ3v) is 4.23. The molecule has 1 heterocycles. The number of nitrogens with zero attached hydrogens (tertiary/aromatic N) is 1. The molecule has 0 bridgehead atoms. The first-order chi connectivity index (χ1) is 9.99. The predicted molar refractivity (Wildman–Crippen MR) is 76.3 cm³/mol. The maximum Gasteiger partial charge on any atom is 0.248 e. The van der Waals surface area contributed by atoms with Crippen molar-refractivity contribution in [3.05, 3.63) is 35.4 Å². The number of carbonyl (C=O) groups excluding carboxylic acids is 2. The molecule has 1 aliphatic heterocycles. The lowest BCUT2D eigenvalue weighted by Gasteiger charge is -2.36. The molecule has 4 N–H and O–H groups in total. The van der Waals surface area contributed by atoms with Crippen molar-refractivity contribution in [2.24, 2.45) is 11.5 Å². The summed E-state index contributed by atoms with van der Waals surface area (Å²) in [6.07, 6.45) is 0.316. The number of hydrogen-bond acceptors (Lipinski definition) is 4. The molecule has 0 radical (unpaired) electrons. The lowest BCUT2D eigenvalue weighted by Crippen LogP contribution is -2.60. The minimum Gasteiger partial charge on any atom is -0.367 e. The number of nitrogens with two attached hydrogens (primary N) is 2. The van der Waals surface area contributed by atoms with Crippen molar-refractivity contribution in [1.82, 2.24) is 4.90 Å². The molecule has 1 saturated heterocycles. The Bertz CT molecular complexity index is 562. The Morgan fingerprint density at radius 2 is 1.86 bits per heavy atom. The molecule has 1 aromatic carbocycles. The minimum atomic E-state index is -0.927. The van der Waals surface area contributed by atoms with E-state index >= 15 is 0 Å². The van der Waals surface area contributed by atoms with Crippen LogP contribution in [0.4, 0.5) is 0 Å². The van der Waals surface area contributed by atoms with Crippen LogP contribution >= 0.6 is 0 Å². The van der Waals surface area contributed by atoms with E-state index in [4.69, 9.17) is 16.2 Å². The molecule has 0 spiro atoms. The van der Waals surface area contributed by atoms with Crippen LogP contribution in [0.5, 0.6) is 0 Å². The Hall–Kier alpha value is -1.92. The fourth-order valence-corrected chi connectivity index (χ4v) is 3.12. The summed E-state index contributed by atoms with van der Waals surface area (Å²) in [5, 5.41) is 0. The van der Waals surface area contributed by atoms with Crippen molar-refractivity contribution in [1.29, 1.82) is 0 Å². The summed E-state index contributed by atoms with van der Waals surface area (Å²) in [5.41, 5.74) is 12.9.